The van der Waals surface area contributed by atoms with Gasteiger partial charge in [-0.2, -0.15) is 0 Å². The summed E-state index contributed by atoms with van der Waals surface area (Å²) in [5, 5.41) is 3.46. The van der Waals surface area contributed by atoms with Crippen molar-refractivity contribution in [2.45, 2.75) is 12.7 Å². The van der Waals surface area contributed by atoms with Crippen molar-refractivity contribution in [2.75, 3.05) is 5.32 Å². The Kier molecular flexibility index (Phi) is 3.71. The molecule has 1 aliphatic rings. The van der Waals surface area contributed by atoms with E-state index in [9.17, 15) is 4.79 Å². The van der Waals surface area contributed by atoms with Crippen molar-refractivity contribution in [3.8, 4) is 0 Å². The number of benzene rings is 2. The number of hydrogen-bond acceptors (Lipinski definition) is 3. The fourth-order valence-electron chi connectivity index (χ4n) is 3.01. The molecule has 0 unspecified atom stereocenters. The molecule has 1 N–H and O–H groups in total. The molecule has 4 heteroatoms. The Bertz CT molecular complexity index is 849. The minimum atomic E-state index is -0.284. The van der Waals surface area contributed by atoms with Crippen molar-refractivity contribution in [2.24, 2.45) is 0 Å². The maximum atomic E-state index is 13.1. The van der Waals surface area contributed by atoms with Crippen LogP contribution in [0.4, 0.5) is 5.69 Å². The summed E-state index contributed by atoms with van der Waals surface area (Å²) in [4.78, 5) is 19.3. The van der Waals surface area contributed by atoms with Gasteiger partial charge in [0.25, 0.3) is 5.91 Å². The second kappa shape index (κ2) is 6.16. The number of nitrogens with one attached hydrogen (secondary N) is 1. The van der Waals surface area contributed by atoms with Crippen molar-refractivity contribution in [3.63, 3.8) is 0 Å². The lowest BCUT2D eigenvalue weighted by molar-refractivity contribution is 0.0663. The van der Waals surface area contributed by atoms with Gasteiger partial charge in [0, 0.05) is 18.4 Å². The van der Waals surface area contributed by atoms with Crippen LogP contribution in [0.1, 0.15) is 27.8 Å². The summed E-state index contributed by atoms with van der Waals surface area (Å²) in [6.07, 6.45) is 1.47. The number of fused-ring (bicyclic) bond motifs is 1. The van der Waals surface area contributed by atoms with E-state index in [2.05, 4.69) is 10.3 Å². The van der Waals surface area contributed by atoms with Crippen LogP contribution in [0.2, 0.25) is 0 Å². The average Bonchev–Trinajstić information content (AvgIpc) is 2.65. The molecule has 0 saturated carbocycles. The van der Waals surface area contributed by atoms with Gasteiger partial charge in [0.2, 0.25) is 0 Å². The average molecular weight is 315 g/mol. The maximum Gasteiger partial charge on any atom is 0.258 e. The fraction of sp³-hybridized carbons (Fsp3) is 0.100. The molecule has 4 rings (SSSR count). The topological polar surface area (TPSA) is 45.2 Å². The normalized spacial score (nSPS) is 16.4. The van der Waals surface area contributed by atoms with Gasteiger partial charge in [0.1, 0.15) is 6.17 Å². The Labute approximate surface area is 140 Å². The van der Waals surface area contributed by atoms with Crippen LogP contribution in [0.3, 0.4) is 0 Å². The van der Waals surface area contributed by atoms with Crippen molar-refractivity contribution in [3.05, 3.63) is 95.8 Å². The van der Waals surface area contributed by atoms with Gasteiger partial charge >= 0.3 is 0 Å². The standard InChI is InChI=1S/C20H17N3O/c24-20-16-10-4-5-11-17(16)22-19(18-12-6-7-13-21-18)23(20)14-15-8-2-1-3-9-15/h1-13,19,22H,14H2/t19-/m1/s1. The predicted molar refractivity (Wildman–Crippen MR) is 93.4 cm³/mol. The molecule has 4 nitrogen and oxygen atoms in total. The van der Waals surface area contributed by atoms with Crippen LogP contribution in [-0.2, 0) is 6.54 Å². The molecular formula is C20H17N3O. The van der Waals surface area contributed by atoms with Gasteiger partial charge in [0.15, 0.2) is 0 Å². The van der Waals surface area contributed by atoms with Crippen molar-refractivity contribution < 1.29 is 4.79 Å². The molecule has 118 valence electrons. The highest BCUT2D eigenvalue weighted by Gasteiger charge is 2.33. The van der Waals surface area contributed by atoms with E-state index in [1.54, 1.807) is 6.20 Å². The smallest absolute Gasteiger partial charge is 0.258 e. The van der Waals surface area contributed by atoms with Gasteiger partial charge < -0.3 is 10.2 Å². The van der Waals surface area contributed by atoms with Crippen molar-refractivity contribution in [1.82, 2.24) is 9.88 Å². The lowest BCUT2D eigenvalue weighted by Crippen LogP contribution is -2.42. The van der Waals surface area contributed by atoms with Crippen LogP contribution in [-0.4, -0.2) is 15.8 Å². The van der Waals surface area contributed by atoms with Gasteiger partial charge in [-0.25, -0.2) is 0 Å². The second-order valence-corrected chi connectivity index (χ2v) is 5.77. The van der Waals surface area contributed by atoms with Gasteiger partial charge in [-0.15, -0.1) is 0 Å². The quantitative estimate of drug-likeness (QED) is 0.798. The van der Waals surface area contributed by atoms with Gasteiger partial charge in [0.05, 0.1) is 11.3 Å². The highest BCUT2D eigenvalue weighted by atomic mass is 16.2. The third-order valence-electron chi connectivity index (χ3n) is 4.19. The van der Waals surface area contributed by atoms with E-state index < -0.39 is 0 Å². The first-order chi connectivity index (χ1) is 11.8. The molecule has 0 fully saturated rings. The zero-order valence-corrected chi connectivity index (χ0v) is 13.1. The number of pyridine rings is 1. The van der Waals surface area contributed by atoms with Crippen LogP contribution in [0.5, 0.6) is 0 Å². The van der Waals surface area contributed by atoms with Crippen LogP contribution in [0, 0.1) is 0 Å². The summed E-state index contributed by atoms with van der Waals surface area (Å²) in [5.74, 6) is 0.0175. The molecule has 3 aromatic rings. The van der Waals surface area contributed by atoms with E-state index in [0.717, 1.165) is 16.9 Å². The first kappa shape index (κ1) is 14.5. The van der Waals surface area contributed by atoms with Gasteiger partial charge in [-0.1, -0.05) is 48.5 Å². The summed E-state index contributed by atoms with van der Waals surface area (Å²) in [6, 6.07) is 23.4. The lowest BCUT2D eigenvalue weighted by Gasteiger charge is -2.37. The van der Waals surface area contributed by atoms with Crippen molar-refractivity contribution >= 4 is 11.6 Å². The largest absolute Gasteiger partial charge is 0.359 e. The summed E-state index contributed by atoms with van der Waals surface area (Å²) in [6.45, 7) is 0.530. The molecule has 0 radical (unpaired) electrons. The molecule has 0 spiro atoms. The molecule has 24 heavy (non-hydrogen) atoms. The highest BCUT2D eigenvalue weighted by Crippen LogP contribution is 2.33. The van der Waals surface area contributed by atoms with E-state index in [4.69, 9.17) is 0 Å². The Morgan fingerprint density at radius 2 is 1.67 bits per heavy atom. The Morgan fingerprint density at radius 1 is 0.917 bits per heavy atom. The molecule has 0 aliphatic carbocycles. The molecule has 2 aromatic carbocycles. The van der Waals surface area contributed by atoms with Crippen LogP contribution >= 0.6 is 0 Å². The summed E-state index contributed by atoms with van der Waals surface area (Å²) in [5.41, 5.74) is 3.47. The van der Waals surface area contributed by atoms with E-state index in [-0.39, 0.29) is 12.1 Å². The van der Waals surface area contributed by atoms with E-state index in [0.29, 0.717) is 12.1 Å². The summed E-state index contributed by atoms with van der Waals surface area (Å²) >= 11 is 0. The number of hydrogen-bond donors (Lipinski definition) is 1. The highest BCUT2D eigenvalue weighted by molar-refractivity contribution is 6.01. The first-order valence-corrected chi connectivity index (χ1v) is 7.94. The van der Waals surface area contributed by atoms with Crippen LogP contribution in [0.25, 0.3) is 0 Å². The first-order valence-electron chi connectivity index (χ1n) is 7.94. The molecule has 1 atom stereocenters. The van der Waals surface area contributed by atoms with E-state index >= 15 is 0 Å². The molecule has 1 aromatic heterocycles. The number of carbonyl (C=O) groups excluding carboxylic acids is 1. The Morgan fingerprint density at radius 3 is 2.46 bits per heavy atom. The van der Waals surface area contributed by atoms with Crippen LogP contribution in [0.15, 0.2) is 79.0 Å². The number of aromatic nitrogens is 1. The third kappa shape index (κ3) is 2.63. The zero-order valence-electron chi connectivity index (χ0n) is 13.1. The lowest BCUT2D eigenvalue weighted by atomic mass is 10.0. The number of para-hydroxylation sites is 1. The predicted octanol–water partition coefficient (Wildman–Crippen LogP) is 3.85. The monoisotopic (exact) mass is 315 g/mol. The third-order valence-corrected chi connectivity index (χ3v) is 4.19. The van der Waals surface area contributed by atoms with Crippen LogP contribution < -0.4 is 5.32 Å². The Hall–Kier alpha value is -3.14. The second-order valence-electron chi connectivity index (χ2n) is 5.77. The van der Waals surface area contributed by atoms with E-state index in [1.165, 1.54) is 0 Å². The summed E-state index contributed by atoms with van der Waals surface area (Å²) in [7, 11) is 0. The molecular weight excluding hydrogens is 298 g/mol. The number of carbonyl (C=O) groups is 1. The SMILES string of the molecule is O=C1c2ccccc2N[C@@H](c2ccccn2)N1Cc1ccccc1. The van der Waals surface area contributed by atoms with E-state index in [1.807, 2.05) is 77.7 Å². The maximum absolute atomic E-state index is 13.1. The number of nitrogens with zero attached hydrogens (tertiary/aromatic N) is 2. The van der Waals surface area contributed by atoms with Gasteiger partial charge in [-0.05, 0) is 29.8 Å². The number of amides is 1. The number of anilines is 1. The minimum absolute atomic E-state index is 0.0175. The Balaban J connectivity index is 1.76. The molecule has 0 saturated heterocycles. The molecule has 1 amide bonds. The minimum Gasteiger partial charge on any atom is -0.359 e. The number of rotatable bonds is 3. The van der Waals surface area contributed by atoms with Gasteiger partial charge in [-0.3, -0.25) is 9.78 Å². The molecule has 0 bridgehead atoms. The zero-order chi connectivity index (χ0) is 16.4. The van der Waals surface area contributed by atoms with Crippen molar-refractivity contribution in [1.29, 1.82) is 0 Å². The fourth-order valence-corrected chi connectivity index (χ4v) is 3.01. The molecule has 2 heterocycles. The summed E-state index contributed by atoms with van der Waals surface area (Å²) < 4.78 is 0. The molecule has 1 aliphatic heterocycles.